The minimum absolute atomic E-state index is 0.120. The predicted molar refractivity (Wildman–Crippen MR) is 99.4 cm³/mol. The Bertz CT molecular complexity index is 549. The van der Waals surface area contributed by atoms with Crippen molar-refractivity contribution in [1.29, 1.82) is 0 Å². The average Bonchev–Trinajstić information content (AvgIpc) is 2.55. The zero-order valence-electron chi connectivity index (χ0n) is 14.9. The Morgan fingerprint density at radius 2 is 2.04 bits per heavy atom. The van der Waals surface area contributed by atoms with Crippen LogP contribution in [0.2, 0.25) is 0 Å². The Labute approximate surface area is 148 Å². The van der Waals surface area contributed by atoms with E-state index in [1.165, 1.54) is 0 Å². The molecule has 0 spiro atoms. The molecule has 2 amide bonds. The number of nitrogens with zero attached hydrogens (tertiary/aromatic N) is 1. The van der Waals surface area contributed by atoms with Gasteiger partial charge >= 0.3 is 0 Å². The standard InChI is InChI=1S/C18H28N2O3S/c1-13-6-5-7-15(12-13)17(22)19-16(9-11-24-4)18(23)20(3)10-8-14(2)21/h5-7,12,14,16,21H,8-11H2,1-4H3,(H,19,22)/t14-,16+/m0/s1. The molecule has 0 radical (unpaired) electrons. The van der Waals surface area contributed by atoms with Crippen LogP contribution in [0.25, 0.3) is 0 Å². The van der Waals surface area contributed by atoms with Gasteiger partial charge in [-0.05, 0) is 50.8 Å². The number of rotatable bonds is 9. The fourth-order valence-corrected chi connectivity index (χ4v) is 2.75. The summed E-state index contributed by atoms with van der Waals surface area (Å²) in [5, 5.41) is 12.2. The molecule has 24 heavy (non-hydrogen) atoms. The molecule has 0 aliphatic carbocycles. The van der Waals surface area contributed by atoms with Crippen LogP contribution < -0.4 is 5.32 Å². The third-order valence-electron chi connectivity index (χ3n) is 3.75. The van der Waals surface area contributed by atoms with E-state index in [-0.39, 0.29) is 11.8 Å². The summed E-state index contributed by atoms with van der Waals surface area (Å²) in [5.74, 6) is 0.433. The first-order valence-corrected chi connectivity index (χ1v) is 9.54. The second kappa shape index (κ2) is 10.4. The first-order valence-electron chi connectivity index (χ1n) is 8.14. The Balaban J connectivity index is 2.76. The van der Waals surface area contributed by atoms with Crippen molar-refractivity contribution in [1.82, 2.24) is 10.2 Å². The van der Waals surface area contributed by atoms with Crippen molar-refractivity contribution in [3.63, 3.8) is 0 Å². The molecule has 1 aromatic rings. The van der Waals surface area contributed by atoms with Gasteiger partial charge in [0, 0.05) is 19.2 Å². The van der Waals surface area contributed by atoms with Gasteiger partial charge in [0.2, 0.25) is 5.91 Å². The molecule has 1 rings (SSSR count). The molecule has 0 aliphatic heterocycles. The largest absolute Gasteiger partial charge is 0.393 e. The summed E-state index contributed by atoms with van der Waals surface area (Å²) in [4.78, 5) is 26.6. The molecule has 0 aliphatic rings. The summed E-state index contributed by atoms with van der Waals surface area (Å²) in [6, 6.07) is 6.76. The highest BCUT2D eigenvalue weighted by Crippen LogP contribution is 2.08. The number of benzene rings is 1. The number of likely N-dealkylation sites (N-methyl/N-ethyl adjacent to an activating group) is 1. The van der Waals surface area contributed by atoms with Gasteiger partial charge in [-0.1, -0.05) is 17.7 Å². The summed E-state index contributed by atoms with van der Waals surface area (Å²) in [7, 11) is 1.70. The smallest absolute Gasteiger partial charge is 0.251 e. The molecule has 5 nitrogen and oxygen atoms in total. The molecular weight excluding hydrogens is 324 g/mol. The van der Waals surface area contributed by atoms with Crippen molar-refractivity contribution in [3.05, 3.63) is 35.4 Å². The molecule has 0 unspecified atom stereocenters. The van der Waals surface area contributed by atoms with E-state index in [9.17, 15) is 14.7 Å². The van der Waals surface area contributed by atoms with E-state index < -0.39 is 12.1 Å². The average molecular weight is 353 g/mol. The van der Waals surface area contributed by atoms with Crippen molar-refractivity contribution in [2.24, 2.45) is 0 Å². The first-order chi connectivity index (χ1) is 11.3. The highest BCUT2D eigenvalue weighted by Gasteiger charge is 2.24. The summed E-state index contributed by atoms with van der Waals surface area (Å²) in [5.41, 5.74) is 1.56. The van der Waals surface area contributed by atoms with Gasteiger partial charge in [0.05, 0.1) is 6.10 Å². The quantitative estimate of drug-likeness (QED) is 0.714. The molecule has 0 saturated heterocycles. The molecule has 2 atom stereocenters. The number of aryl methyl sites for hydroxylation is 1. The van der Waals surface area contributed by atoms with E-state index in [1.54, 1.807) is 36.7 Å². The second-order valence-corrected chi connectivity index (χ2v) is 7.06. The number of amides is 2. The van der Waals surface area contributed by atoms with Crippen molar-refractivity contribution in [2.75, 3.05) is 25.6 Å². The van der Waals surface area contributed by atoms with Crippen LogP contribution in [-0.2, 0) is 4.79 Å². The number of aliphatic hydroxyl groups is 1. The van der Waals surface area contributed by atoms with Gasteiger partial charge in [-0.2, -0.15) is 11.8 Å². The van der Waals surface area contributed by atoms with Gasteiger partial charge in [0.25, 0.3) is 5.91 Å². The maximum Gasteiger partial charge on any atom is 0.251 e. The molecule has 0 heterocycles. The maximum absolute atomic E-state index is 12.6. The third-order valence-corrected chi connectivity index (χ3v) is 4.40. The van der Waals surface area contributed by atoms with Gasteiger partial charge in [-0.25, -0.2) is 0 Å². The van der Waals surface area contributed by atoms with Gasteiger partial charge < -0.3 is 15.3 Å². The topological polar surface area (TPSA) is 69.6 Å². The zero-order valence-corrected chi connectivity index (χ0v) is 15.7. The van der Waals surface area contributed by atoms with E-state index in [0.29, 0.717) is 24.9 Å². The Morgan fingerprint density at radius 1 is 1.33 bits per heavy atom. The van der Waals surface area contributed by atoms with Crippen LogP contribution in [0.3, 0.4) is 0 Å². The van der Waals surface area contributed by atoms with E-state index in [0.717, 1.165) is 11.3 Å². The summed E-state index contributed by atoms with van der Waals surface area (Å²) >= 11 is 1.64. The number of hydrogen-bond donors (Lipinski definition) is 2. The van der Waals surface area contributed by atoms with Crippen molar-refractivity contribution in [2.45, 2.75) is 38.8 Å². The van der Waals surface area contributed by atoms with Gasteiger partial charge in [0.1, 0.15) is 6.04 Å². The van der Waals surface area contributed by atoms with Crippen LogP contribution in [0.5, 0.6) is 0 Å². The van der Waals surface area contributed by atoms with Crippen molar-refractivity contribution < 1.29 is 14.7 Å². The molecule has 134 valence electrons. The molecule has 2 N–H and O–H groups in total. The first kappa shape index (κ1) is 20.5. The van der Waals surface area contributed by atoms with Crippen LogP contribution in [0.1, 0.15) is 35.7 Å². The van der Waals surface area contributed by atoms with Crippen LogP contribution in [0, 0.1) is 6.92 Å². The van der Waals surface area contributed by atoms with Crippen LogP contribution in [-0.4, -0.2) is 59.6 Å². The summed E-state index contributed by atoms with van der Waals surface area (Å²) in [6.45, 7) is 4.09. The highest BCUT2D eigenvalue weighted by atomic mass is 32.2. The van der Waals surface area contributed by atoms with Gasteiger partial charge in [-0.3, -0.25) is 9.59 Å². The molecule has 6 heteroatoms. The highest BCUT2D eigenvalue weighted by molar-refractivity contribution is 7.98. The lowest BCUT2D eigenvalue weighted by Crippen LogP contribution is -2.48. The predicted octanol–water partition coefficient (Wildman–Crippen LogP) is 2.08. The molecule has 0 saturated carbocycles. The molecule has 0 bridgehead atoms. The third kappa shape index (κ3) is 6.93. The molecule has 0 fully saturated rings. The maximum atomic E-state index is 12.6. The molecular formula is C18H28N2O3S. The van der Waals surface area contributed by atoms with E-state index in [1.807, 2.05) is 31.4 Å². The Kier molecular flexibility index (Phi) is 8.85. The van der Waals surface area contributed by atoms with E-state index in [4.69, 9.17) is 0 Å². The van der Waals surface area contributed by atoms with Gasteiger partial charge in [-0.15, -0.1) is 0 Å². The summed E-state index contributed by atoms with van der Waals surface area (Å²) < 4.78 is 0. The fourth-order valence-electron chi connectivity index (χ4n) is 2.28. The normalized spacial score (nSPS) is 13.2. The van der Waals surface area contributed by atoms with Crippen molar-refractivity contribution in [3.8, 4) is 0 Å². The minimum atomic E-state index is -0.551. The van der Waals surface area contributed by atoms with Crippen molar-refractivity contribution >= 4 is 23.6 Å². The number of hydrogen-bond acceptors (Lipinski definition) is 4. The molecule has 1 aromatic carbocycles. The Morgan fingerprint density at radius 3 is 2.62 bits per heavy atom. The lowest BCUT2D eigenvalue weighted by Gasteiger charge is -2.25. The van der Waals surface area contributed by atoms with Crippen LogP contribution >= 0.6 is 11.8 Å². The number of thioether (sulfide) groups is 1. The van der Waals surface area contributed by atoms with Crippen LogP contribution in [0.15, 0.2) is 24.3 Å². The van der Waals surface area contributed by atoms with Gasteiger partial charge in [0.15, 0.2) is 0 Å². The summed E-state index contributed by atoms with van der Waals surface area (Å²) in [6.07, 6.45) is 2.62. The molecule has 0 aromatic heterocycles. The van der Waals surface area contributed by atoms with Crippen LogP contribution in [0.4, 0.5) is 0 Å². The van der Waals surface area contributed by atoms with E-state index >= 15 is 0 Å². The number of carbonyl (C=O) groups excluding carboxylic acids is 2. The minimum Gasteiger partial charge on any atom is -0.393 e. The number of nitrogens with one attached hydrogen (secondary N) is 1. The number of carbonyl (C=O) groups is 2. The lowest BCUT2D eigenvalue weighted by molar-refractivity contribution is -0.132. The fraction of sp³-hybridized carbons (Fsp3) is 0.556. The number of aliphatic hydroxyl groups excluding tert-OH is 1. The Hall–Kier alpha value is -1.53. The zero-order chi connectivity index (χ0) is 18.1. The second-order valence-electron chi connectivity index (χ2n) is 6.07. The monoisotopic (exact) mass is 352 g/mol. The SMILES string of the molecule is CSCC[C@@H](NC(=O)c1cccc(C)c1)C(=O)N(C)CC[C@H](C)O. The van der Waals surface area contributed by atoms with E-state index in [2.05, 4.69) is 5.32 Å². The lowest BCUT2D eigenvalue weighted by atomic mass is 10.1.